The molecule has 1 aromatic rings. The first kappa shape index (κ1) is 15.6. The SMILES string of the molecule is CC(C)C(N)CC(=O)N(Cc1ccccn1)C(C)C. The smallest absolute Gasteiger partial charge is 0.224 e. The molecule has 1 rings (SSSR count). The number of hydrogen-bond acceptors (Lipinski definition) is 3. The van der Waals surface area contributed by atoms with Crippen LogP contribution in [0.1, 0.15) is 39.8 Å². The second kappa shape index (κ2) is 7.24. The van der Waals surface area contributed by atoms with Gasteiger partial charge in [-0.25, -0.2) is 0 Å². The van der Waals surface area contributed by atoms with Crippen molar-refractivity contribution in [2.45, 2.75) is 52.7 Å². The summed E-state index contributed by atoms with van der Waals surface area (Å²) >= 11 is 0. The molecule has 4 heteroatoms. The molecule has 1 heterocycles. The molecule has 19 heavy (non-hydrogen) atoms. The third-order valence-electron chi connectivity index (χ3n) is 3.27. The number of carbonyl (C=O) groups excluding carboxylic acids is 1. The molecule has 0 aliphatic rings. The third-order valence-corrected chi connectivity index (χ3v) is 3.27. The Balaban J connectivity index is 2.70. The van der Waals surface area contributed by atoms with Crippen LogP contribution in [-0.4, -0.2) is 27.9 Å². The number of nitrogens with zero attached hydrogens (tertiary/aromatic N) is 2. The van der Waals surface area contributed by atoms with Crippen LogP contribution in [0, 0.1) is 5.92 Å². The minimum absolute atomic E-state index is 0.0857. The molecule has 106 valence electrons. The molecule has 0 bridgehead atoms. The van der Waals surface area contributed by atoms with Gasteiger partial charge in [-0.05, 0) is 31.9 Å². The Morgan fingerprint density at radius 1 is 1.32 bits per heavy atom. The Morgan fingerprint density at radius 2 is 2.00 bits per heavy atom. The number of hydrogen-bond donors (Lipinski definition) is 1. The third kappa shape index (κ3) is 4.99. The lowest BCUT2D eigenvalue weighted by Gasteiger charge is -2.28. The Bertz CT molecular complexity index is 390. The highest BCUT2D eigenvalue weighted by Gasteiger charge is 2.21. The summed E-state index contributed by atoms with van der Waals surface area (Å²) < 4.78 is 0. The van der Waals surface area contributed by atoms with Crippen LogP contribution in [0.2, 0.25) is 0 Å². The quantitative estimate of drug-likeness (QED) is 0.856. The Labute approximate surface area is 116 Å². The van der Waals surface area contributed by atoms with E-state index in [0.717, 1.165) is 5.69 Å². The molecule has 1 unspecified atom stereocenters. The molecule has 0 aliphatic carbocycles. The van der Waals surface area contributed by atoms with Gasteiger partial charge in [0.2, 0.25) is 5.91 Å². The largest absolute Gasteiger partial charge is 0.334 e. The van der Waals surface area contributed by atoms with Crippen molar-refractivity contribution in [3.05, 3.63) is 30.1 Å². The van der Waals surface area contributed by atoms with Gasteiger partial charge in [0.1, 0.15) is 0 Å². The van der Waals surface area contributed by atoms with Crippen molar-refractivity contribution >= 4 is 5.91 Å². The van der Waals surface area contributed by atoms with Gasteiger partial charge in [-0.2, -0.15) is 0 Å². The van der Waals surface area contributed by atoms with Crippen molar-refractivity contribution in [1.82, 2.24) is 9.88 Å². The topological polar surface area (TPSA) is 59.2 Å². The zero-order chi connectivity index (χ0) is 14.4. The van der Waals surface area contributed by atoms with E-state index in [9.17, 15) is 4.79 Å². The van der Waals surface area contributed by atoms with Gasteiger partial charge >= 0.3 is 0 Å². The van der Waals surface area contributed by atoms with E-state index >= 15 is 0 Å². The van der Waals surface area contributed by atoms with Crippen molar-refractivity contribution in [3.8, 4) is 0 Å². The molecule has 1 amide bonds. The molecule has 0 spiro atoms. The predicted octanol–water partition coefficient (Wildman–Crippen LogP) is 2.19. The zero-order valence-electron chi connectivity index (χ0n) is 12.3. The molecule has 0 saturated heterocycles. The van der Waals surface area contributed by atoms with Gasteiger partial charge in [-0.3, -0.25) is 9.78 Å². The van der Waals surface area contributed by atoms with Crippen LogP contribution in [0.15, 0.2) is 24.4 Å². The van der Waals surface area contributed by atoms with E-state index in [-0.39, 0.29) is 18.0 Å². The second-order valence-electron chi connectivity index (χ2n) is 5.55. The molecule has 0 radical (unpaired) electrons. The predicted molar refractivity (Wildman–Crippen MR) is 77.4 cm³/mol. The van der Waals surface area contributed by atoms with Crippen molar-refractivity contribution in [2.24, 2.45) is 11.7 Å². The number of nitrogens with two attached hydrogens (primary N) is 1. The standard InChI is InChI=1S/C15H25N3O/c1-11(2)14(16)9-15(19)18(12(3)4)10-13-7-5-6-8-17-13/h5-8,11-12,14H,9-10,16H2,1-4H3. The molecule has 0 saturated carbocycles. The van der Waals surface area contributed by atoms with Crippen molar-refractivity contribution in [2.75, 3.05) is 0 Å². The van der Waals surface area contributed by atoms with Crippen LogP contribution < -0.4 is 5.73 Å². The van der Waals surface area contributed by atoms with Gasteiger partial charge in [-0.1, -0.05) is 19.9 Å². The van der Waals surface area contributed by atoms with Crippen LogP contribution in [-0.2, 0) is 11.3 Å². The second-order valence-corrected chi connectivity index (χ2v) is 5.55. The fourth-order valence-corrected chi connectivity index (χ4v) is 1.78. The Kier molecular flexibility index (Phi) is 5.96. The first-order valence-electron chi connectivity index (χ1n) is 6.86. The average molecular weight is 263 g/mol. The van der Waals surface area contributed by atoms with E-state index < -0.39 is 0 Å². The first-order chi connectivity index (χ1) is 8.91. The highest BCUT2D eigenvalue weighted by Crippen LogP contribution is 2.11. The zero-order valence-corrected chi connectivity index (χ0v) is 12.3. The number of carbonyl (C=O) groups is 1. The van der Waals surface area contributed by atoms with Gasteiger partial charge in [0.15, 0.2) is 0 Å². The van der Waals surface area contributed by atoms with E-state index in [1.807, 2.05) is 50.8 Å². The highest BCUT2D eigenvalue weighted by atomic mass is 16.2. The molecule has 0 aliphatic heterocycles. The van der Waals surface area contributed by atoms with Gasteiger partial charge < -0.3 is 10.6 Å². The van der Waals surface area contributed by atoms with Crippen molar-refractivity contribution in [3.63, 3.8) is 0 Å². The lowest BCUT2D eigenvalue weighted by molar-refractivity contribution is -0.134. The molecule has 0 aromatic carbocycles. The summed E-state index contributed by atoms with van der Waals surface area (Å²) in [5.74, 6) is 0.412. The lowest BCUT2D eigenvalue weighted by Crippen LogP contribution is -2.41. The summed E-state index contributed by atoms with van der Waals surface area (Å²) in [5.41, 5.74) is 6.89. The minimum atomic E-state index is -0.0857. The van der Waals surface area contributed by atoms with Crippen LogP contribution in [0.3, 0.4) is 0 Å². The van der Waals surface area contributed by atoms with Crippen molar-refractivity contribution in [1.29, 1.82) is 0 Å². The summed E-state index contributed by atoms with van der Waals surface area (Å²) in [6.45, 7) is 8.65. The summed E-state index contributed by atoms with van der Waals surface area (Å²) in [6, 6.07) is 5.81. The van der Waals surface area contributed by atoms with Crippen molar-refractivity contribution < 1.29 is 4.79 Å². The Morgan fingerprint density at radius 3 is 2.47 bits per heavy atom. The van der Waals surface area contributed by atoms with Gasteiger partial charge in [0, 0.05) is 24.7 Å². The maximum atomic E-state index is 12.3. The molecule has 1 aromatic heterocycles. The van der Waals surface area contributed by atoms with E-state index in [0.29, 0.717) is 18.9 Å². The fraction of sp³-hybridized carbons (Fsp3) is 0.600. The summed E-state index contributed by atoms with van der Waals surface area (Å²) in [4.78, 5) is 18.4. The normalized spacial score (nSPS) is 12.8. The fourth-order valence-electron chi connectivity index (χ4n) is 1.78. The maximum Gasteiger partial charge on any atom is 0.224 e. The number of pyridine rings is 1. The van der Waals surface area contributed by atoms with Crippen LogP contribution in [0.5, 0.6) is 0 Å². The molecule has 1 atom stereocenters. The molecular formula is C15H25N3O. The highest BCUT2D eigenvalue weighted by molar-refractivity contribution is 5.77. The van der Waals surface area contributed by atoms with Crippen LogP contribution in [0.4, 0.5) is 0 Å². The molecule has 0 fully saturated rings. The monoisotopic (exact) mass is 263 g/mol. The minimum Gasteiger partial charge on any atom is -0.334 e. The number of amides is 1. The van der Waals surface area contributed by atoms with E-state index in [1.165, 1.54) is 0 Å². The maximum absolute atomic E-state index is 12.3. The van der Waals surface area contributed by atoms with Crippen LogP contribution in [0.25, 0.3) is 0 Å². The summed E-state index contributed by atoms with van der Waals surface area (Å²) in [5, 5.41) is 0. The van der Waals surface area contributed by atoms with Gasteiger partial charge in [0.05, 0.1) is 12.2 Å². The number of aromatic nitrogens is 1. The Hall–Kier alpha value is -1.42. The molecule has 2 N–H and O–H groups in total. The van der Waals surface area contributed by atoms with Gasteiger partial charge in [0.25, 0.3) is 0 Å². The lowest BCUT2D eigenvalue weighted by atomic mass is 10.0. The first-order valence-corrected chi connectivity index (χ1v) is 6.86. The van der Waals surface area contributed by atoms with E-state index in [4.69, 9.17) is 5.73 Å². The average Bonchev–Trinajstić information content (AvgIpc) is 2.36. The number of rotatable bonds is 6. The molecule has 4 nitrogen and oxygen atoms in total. The summed E-state index contributed by atoms with van der Waals surface area (Å²) in [6.07, 6.45) is 2.14. The van der Waals surface area contributed by atoms with E-state index in [2.05, 4.69) is 4.98 Å². The van der Waals surface area contributed by atoms with E-state index in [1.54, 1.807) is 6.20 Å². The van der Waals surface area contributed by atoms with Gasteiger partial charge in [-0.15, -0.1) is 0 Å². The molecular weight excluding hydrogens is 238 g/mol. The van der Waals surface area contributed by atoms with Crippen LogP contribution >= 0.6 is 0 Å². The summed E-state index contributed by atoms with van der Waals surface area (Å²) in [7, 11) is 0.